The van der Waals surface area contributed by atoms with Crippen molar-refractivity contribution in [2.45, 2.75) is 197 Å². The standard InChI is InChI=1S/C39H71N3O5.C2H6/c1-27(43)32(2,3)23-38(14,15)47-39(16,17)26-37(12,13)46-31(40)33(4,5)24-36(10,11)45-29-21-19-20-28(22-29)30(44)42-35(8,9)25-34(6,7)41-18;1-2/h19-22,31,41H,23-26,40H2,1-18H3,(H,42,44);1-2H3. The van der Waals surface area contributed by atoms with Crippen LogP contribution in [-0.4, -0.2) is 58.4 Å². The van der Waals surface area contributed by atoms with Gasteiger partial charge >= 0.3 is 0 Å². The lowest BCUT2D eigenvalue weighted by molar-refractivity contribution is -0.190. The topological polar surface area (TPSA) is 112 Å². The highest BCUT2D eigenvalue weighted by molar-refractivity contribution is 5.95. The molecule has 0 saturated carbocycles. The maximum Gasteiger partial charge on any atom is 0.251 e. The Kier molecular flexibility index (Phi) is 16.3. The fourth-order valence-electron chi connectivity index (χ4n) is 7.45. The number of hydrogen-bond acceptors (Lipinski definition) is 7. The van der Waals surface area contributed by atoms with Gasteiger partial charge < -0.3 is 30.6 Å². The van der Waals surface area contributed by atoms with E-state index >= 15 is 0 Å². The van der Waals surface area contributed by atoms with Gasteiger partial charge in [-0.2, -0.15) is 0 Å². The number of carbonyl (C=O) groups excluding carboxylic acids is 2. The minimum Gasteiger partial charge on any atom is -0.488 e. The third-order valence-corrected chi connectivity index (χ3v) is 8.83. The van der Waals surface area contributed by atoms with Crippen molar-refractivity contribution in [3.8, 4) is 5.75 Å². The number of nitrogens with one attached hydrogen (secondary N) is 2. The van der Waals surface area contributed by atoms with E-state index < -0.39 is 45.0 Å². The summed E-state index contributed by atoms with van der Waals surface area (Å²) < 4.78 is 19.7. The first-order chi connectivity index (χ1) is 21.7. The molecular weight excluding hydrogens is 614 g/mol. The summed E-state index contributed by atoms with van der Waals surface area (Å²) in [6.07, 6.45) is 2.00. The van der Waals surface area contributed by atoms with Gasteiger partial charge in [0.1, 0.15) is 23.4 Å². The van der Waals surface area contributed by atoms with Crippen LogP contribution in [0, 0.1) is 10.8 Å². The number of nitrogens with two attached hydrogens (primary N) is 1. The molecule has 286 valence electrons. The number of rotatable bonds is 19. The normalized spacial score (nSPS) is 14.5. The second-order valence-electron chi connectivity index (χ2n) is 18.9. The third-order valence-electron chi connectivity index (χ3n) is 8.83. The van der Waals surface area contributed by atoms with Crippen LogP contribution in [0.4, 0.5) is 0 Å². The van der Waals surface area contributed by atoms with Crippen molar-refractivity contribution in [1.82, 2.24) is 10.6 Å². The number of ketones is 1. The average Bonchev–Trinajstić information content (AvgIpc) is 2.85. The van der Waals surface area contributed by atoms with Gasteiger partial charge in [-0.3, -0.25) is 9.59 Å². The van der Waals surface area contributed by atoms with Gasteiger partial charge in [-0.1, -0.05) is 47.6 Å². The highest BCUT2D eigenvalue weighted by Crippen LogP contribution is 2.40. The number of benzene rings is 1. The predicted molar refractivity (Wildman–Crippen MR) is 206 cm³/mol. The van der Waals surface area contributed by atoms with Crippen molar-refractivity contribution < 1.29 is 23.8 Å². The number of Topliss-reactive ketones (excluding diaryl/α,β-unsaturated/α-hetero) is 1. The SMILES string of the molecule is CC.CNC(C)(C)CC(C)(C)NC(=O)c1cccc(OC(C)(C)CC(C)(C)C(N)OC(C)(C)CC(C)(C)OC(C)(C)CC(C)(C)C(C)=O)c1. The first kappa shape index (κ1) is 47.0. The Balaban J connectivity index is 0.0000113. The summed E-state index contributed by atoms with van der Waals surface area (Å²) in [6, 6.07) is 7.33. The Morgan fingerprint density at radius 1 is 0.714 bits per heavy atom. The Labute approximate surface area is 301 Å². The number of amides is 1. The molecule has 0 saturated heterocycles. The van der Waals surface area contributed by atoms with Crippen LogP contribution in [0.15, 0.2) is 24.3 Å². The van der Waals surface area contributed by atoms with Gasteiger partial charge in [0.05, 0.1) is 16.8 Å². The van der Waals surface area contributed by atoms with E-state index in [4.69, 9.17) is 19.9 Å². The van der Waals surface area contributed by atoms with Gasteiger partial charge in [0.2, 0.25) is 0 Å². The van der Waals surface area contributed by atoms with Crippen LogP contribution >= 0.6 is 0 Å². The quantitative estimate of drug-likeness (QED) is 0.124. The van der Waals surface area contributed by atoms with Crippen LogP contribution in [0.5, 0.6) is 5.75 Å². The molecular formula is C41H77N3O5. The van der Waals surface area contributed by atoms with Crippen molar-refractivity contribution in [2.75, 3.05) is 7.05 Å². The molecule has 1 atom stereocenters. The largest absolute Gasteiger partial charge is 0.488 e. The van der Waals surface area contributed by atoms with E-state index in [9.17, 15) is 9.59 Å². The highest BCUT2D eigenvalue weighted by atomic mass is 16.5. The molecule has 0 bridgehead atoms. The minimum absolute atomic E-state index is 0.117. The summed E-state index contributed by atoms with van der Waals surface area (Å²) in [5, 5.41) is 6.49. The molecule has 1 rings (SSSR count). The van der Waals surface area contributed by atoms with Crippen LogP contribution in [0.2, 0.25) is 0 Å². The molecule has 49 heavy (non-hydrogen) atoms. The summed E-state index contributed by atoms with van der Waals surface area (Å²) >= 11 is 0. The number of carbonyl (C=O) groups is 2. The van der Waals surface area contributed by atoms with Crippen molar-refractivity contribution in [1.29, 1.82) is 0 Å². The molecule has 8 nitrogen and oxygen atoms in total. The van der Waals surface area contributed by atoms with E-state index in [-0.39, 0.29) is 17.2 Å². The van der Waals surface area contributed by atoms with E-state index in [2.05, 4.69) is 52.2 Å². The van der Waals surface area contributed by atoms with Gasteiger partial charge in [-0.15, -0.1) is 0 Å². The molecule has 1 unspecified atom stereocenters. The number of ether oxygens (including phenoxy) is 3. The third kappa shape index (κ3) is 17.2. The zero-order valence-corrected chi connectivity index (χ0v) is 35.3. The van der Waals surface area contributed by atoms with Crippen LogP contribution in [0.3, 0.4) is 0 Å². The molecule has 0 heterocycles. The van der Waals surface area contributed by atoms with Crippen molar-refractivity contribution in [2.24, 2.45) is 16.6 Å². The van der Waals surface area contributed by atoms with E-state index in [1.807, 2.05) is 102 Å². The predicted octanol–water partition coefficient (Wildman–Crippen LogP) is 9.23. The van der Waals surface area contributed by atoms with Gasteiger partial charge in [0.15, 0.2) is 0 Å². The minimum atomic E-state index is -0.601. The highest BCUT2D eigenvalue weighted by Gasteiger charge is 2.42. The zero-order valence-electron chi connectivity index (χ0n) is 35.3. The Morgan fingerprint density at radius 2 is 1.22 bits per heavy atom. The summed E-state index contributed by atoms with van der Waals surface area (Å²) in [6.45, 7) is 38.4. The van der Waals surface area contributed by atoms with E-state index in [0.717, 1.165) is 6.42 Å². The lowest BCUT2D eigenvalue weighted by Crippen LogP contribution is -2.51. The number of hydrogen-bond donors (Lipinski definition) is 3. The molecule has 0 spiro atoms. The second-order valence-corrected chi connectivity index (χ2v) is 18.9. The molecule has 8 heteroatoms. The van der Waals surface area contributed by atoms with Gasteiger partial charge in [0.25, 0.3) is 5.91 Å². The lowest BCUT2D eigenvalue weighted by Gasteiger charge is -2.45. The molecule has 0 aromatic heterocycles. The molecule has 1 aromatic rings. The van der Waals surface area contributed by atoms with E-state index in [1.165, 1.54) is 0 Å². The van der Waals surface area contributed by atoms with E-state index in [0.29, 0.717) is 30.6 Å². The molecule has 0 aliphatic heterocycles. The van der Waals surface area contributed by atoms with Crippen LogP contribution in [0.25, 0.3) is 0 Å². The first-order valence-electron chi connectivity index (χ1n) is 18.2. The summed E-state index contributed by atoms with van der Waals surface area (Å²) in [4.78, 5) is 25.4. The molecule has 0 radical (unpaired) electrons. The molecule has 0 aliphatic carbocycles. The molecule has 4 N–H and O–H groups in total. The van der Waals surface area contributed by atoms with Crippen molar-refractivity contribution >= 4 is 11.7 Å². The van der Waals surface area contributed by atoms with Crippen LogP contribution in [-0.2, 0) is 14.3 Å². The Morgan fingerprint density at radius 3 is 1.71 bits per heavy atom. The Bertz CT molecular complexity index is 1210. The summed E-state index contributed by atoms with van der Waals surface area (Å²) in [7, 11) is 1.93. The van der Waals surface area contributed by atoms with E-state index in [1.54, 1.807) is 19.1 Å². The molecule has 1 amide bonds. The zero-order chi connectivity index (χ0) is 39.1. The maximum absolute atomic E-state index is 13.2. The summed E-state index contributed by atoms with van der Waals surface area (Å²) in [5.41, 5.74) is 3.65. The van der Waals surface area contributed by atoms with Gasteiger partial charge in [0, 0.05) is 33.9 Å². The molecule has 0 aliphatic rings. The monoisotopic (exact) mass is 692 g/mol. The lowest BCUT2D eigenvalue weighted by atomic mass is 9.78. The fourth-order valence-corrected chi connectivity index (χ4v) is 7.45. The molecule has 1 aromatic carbocycles. The maximum atomic E-state index is 13.2. The van der Waals surface area contributed by atoms with Crippen molar-refractivity contribution in [3.63, 3.8) is 0 Å². The van der Waals surface area contributed by atoms with Crippen LogP contribution in [0.1, 0.15) is 168 Å². The Hall–Kier alpha value is -2.00. The van der Waals surface area contributed by atoms with Gasteiger partial charge in [-0.05, 0) is 135 Å². The average molecular weight is 692 g/mol. The first-order valence-corrected chi connectivity index (χ1v) is 18.2. The second kappa shape index (κ2) is 17.0. The van der Waals surface area contributed by atoms with Crippen molar-refractivity contribution in [3.05, 3.63) is 29.8 Å². The fraction of sp³-hybridized carbons (Fsp3) is 0.805. The molecule has 0 fully saturated rings. The smallest absolute Gasteiger partial charge is 0.251 e. The van der Waals surface area contributed by atoms with Gasteiger partial charge in [-0.25, -0.2) is 0 Å². The summed E-state index contributed by atoms with van der Waals surface area (Å²) in [5.74, 6) is 0.634. The van der Waals surface area contributed by atoms with Crippen LogP contribution < -0.4 is 21.1 Å².